The topological polar surface area (TPSA) is 43.8 Å². The van der Waals surface area contributed by atoms with Gasteiger partial charge < -0.3 is 14.9 Å². The quantitative estimate of drug-likeness (QED) is 0.770. The molecule has 16 heavy (non-hydrogen) atoms. The molecule has 0 aromatic heterocycles. The Labute approximate surface area is 98.2 Å². The zero-order valence-electron chi connectivity index (χ0n) is 10.6. The minimum absolute atomic E-state index is 0.150. The van der Waals surface area contributed by atoms with Gasteiger partial charge >= 0.3 is 0 Å². The lowest BCUT2D eigenvalue weighted by Gasteiger charge is -2.35. The van der Waals surface area contributed by atoms with Crippen molar-refractivity contribution in [3.8, 4) is 0 Å². The van der Waals surface area contributed by atoms with E-state index >= 15 is 0 Å². The second-order valence-corrected chi connectivity index (χ2v) is 4.94. The predicted octanol–water partition coefficient (Wildman–Crippen LogP) is 0.700. The summed E-state index contributed by atoms with van der Waals surface area (Å²) in [5, 5.41) is 9.88. The van der Waals surface area contributed by atoms with Crippen LogP contribution in [-0.4, -0.2) is 60.6 Å². The van der Waals surface area contributed by atoms with Gasteiger partial charge in [-0.25, -0.2) is 0 Å². The van der Waals surface area contributed by atoms with E-state index in [1.165, 1.54) is 6.42 Å². The summed E-state index contributed by atoms with van der Waals surface area (Å²) >= 11 is 0. The number of hydrogen-bond donors (Lipinski definition) is 1. The summed E-state index contributed by atoms with van der Waals surface area (Å²) < 4.78 is 0. The Morgan fingerprint density at radius 2 is 1.88 bits per heavy atom. The lowest BCUT2D eigenvalue weighted by atomic mass is 9.91. The molecule has 1 aliphatic rings. The van der Waals surface area contributed by atoms with Crippen molar-refractivity contribution >= 4 is 5.91 Å². The second-order valence-electron chi connectivity index (χ2n) is 4.94. The molecule has 0 spiro atoms. The molecular weight excluding hydrogens is 204 g/mol. The molecule has 2 atom stereocenters. The number of aliphatic hydroxyl groups excluding tert-OH is 1. The van der Waals surface area contributed by atoms with E-state index in [1.807, 2.05) is 7.05 Å². The van der Waals surface area contributed by atoms with Crippen LogP contribution >= 0.6 is 0 Å². The number of likely N-dealkylation sites (N-methyl/N-ethyl adjacent to an activating group) is 1. The Hall–Kier alpha value is -0.610. The third-order valence-corrected chi connectivity index (χ3v) is 3.44. The van der Waals surface area contributed by atoms with Crippen molar-refractivity contribution in [2.45, 2.75) is 44.2 Å². The molecule has 0 heterocycles. The summed E-state index contributed by atoms with van der Waals surface area (Å²) in [4.78, 5) is 15.2. The monoisotopic (exact) mass is 228 g/mol. The second kappa shape index (κ2) is 6.21. The summed E-state index contributed by atoms with van der Waals surface area (Å²) in [5.74, 6) is 0.150. The zero-order valence-corrected chi connectivity index (χ0v) is 10.6. The third kappa shape index (κ3) is 3.76. The summed E-state index contributed by atoms with van der Waals surface area (Å²) in [7, 11) is 5.55. The van der Waals surface area contributed by atoms with Crippen LogP contribution in [0, 0.1) is 0 Å². The number of hydrogen-bond acceptors (Lipinski definition) is 3. The lowest BCUT2D eigenvalue weighted by molar-refractivity contribution is -0.129. The average Bonchev–Trinajstić information content (AvgIpc) is 2.25. The van der Waals surface area contributed by atoms with Gasteiger partial charge in [0.25, 0.3) is 0 Å². The van der Waals surface area contributed by atoms with Crippen molar-refractivity contribution in [3.63, 3.8) is 0 Å². The molecule has 0 aromatic carbocycles. The van der Waals surface area contributed by atoms with Crippen LogP contribution < -0.4 is 0 Å². The van der Waals surface area contributed by atoms with Gasteiger partial charge in [-0.2, -0.15) is 0 Å². The first-order chi connectivity index (χ1) is 7.52. The molecule has 1 saturated carbocycles. The fraction of sp³-hybridized carbons (Fsp3) is 0.917. The van der Waals surface area contributed by atoms with E-state index in [0.29, 0.717) is 6.42 Å². The molecule has 0 aromatic rings. The lowest BCUT2D eigenvalue weighted by Crippen LogP contribution is -2.44. The molecule has 0 saturated heterocycles. The van der Waals surface area contributed by atoms with Gasteiger partial charge in [0.2, 0.25) is 5.91 Å². The van der Waals surface area contributed by atoms with Gasteiger partial charge in [-0.15, -0.1) is 0 Å². The molecule has 1 amide bonds. The molecule has 4 heteroatoms. The van der Waals surface area contributed by atoms with Gasteiger partial charge in [0.15, 0.2) is 0 Å². The van der Waals surface area contributed by atoms with Crippen molar-refractivity contribution in [1.82, 2.24) is 9.80 Å². The maximum Gasteiger partial charge on any atom is 0.223 e. The van der Waals surface area contributed by atoms with Crippen LogP contribution in [0.25, 0.3) is 0 Å². The van der Waals surface area contributed by atoms with Crippen LogP contribution in [0.2, 0.25) is 0 Å². The smallest absolute Gasteiger partial charge is 0.223 e. The van der Waals surface area contributed by atoms with Crippen molar-refractivity contribution in [2.24, 2.45) is 0 Å². The zero-order chi connectivity index (χ0) is 12.1. The number of amides is 1. The fourth-order valence-electron chi connectivity index (χ4n) is 2.27. The molecule has 1 N–H and O–H groups in total. The Kier molecular flexibility index (Phi) is 5.22. The molecule has 0 bridgehead atoms. The van der Waals surface area contributed by atoms with Gasteiger partial charge in [0.1, 0.15) is 0 Å². The summed E-state index contributed by atoms with van der Waals surface area (Å²) in [6.07, 6.45) is 4.58. The first kappa shape index (κ1) is 13.5. The van der Waals surface area contributed by atoms with Crippen LogP contribution in [-0.2, 0) is 4.79 Å². The van der Waals surface area contributed by atoms with Gasteiger partial charge in [0.05, 0.1) is 6.10 Å². The van der Waals surface area contributed by atoms with Crippen LogP contribution in [0.3, 0.4) is 0 Å². The van der Waals surface area contributed by atoms with E-state index in [9.17, 15) is 9.90 Å². The van der Waals surface area contributed by atoms with E-state index in [-0.39, 0.29) is 18.1 Å². The van der Waals surface area contributed by atoms with E-state index in [4.69, 9.17) is 0 Å². The number of carbonyl (C=O) groups excluding carboxylic acids is 1. The van der Waals surface area contributed by atoms with E-state index in [1.54, 1.807) is 19.0 Å². The van der Waals surface area contributed by atoms with Gasteiger partial charge in [-0.1, -0.05) is 12.8 Å². The van der Waals surface area contributed by atoms with Crippen molar-refractivity contribution in [3.05, 3.63) is 0 Å². The predicted molar refractivity (Wildman–Crippen MR) is 64.2 cm³/mol. The average molecular weight is 228 g/mol. The van der Waals surface area contributed by atoms with E-state index in [0.717, 1.165) is 25.8 Å². The SMILES string of the molecule is CN(C)C(=O)CCN(C)C1CCCCC1O. The van der Waals surface area contributed by atoms with E-state index < -0.39 is 0 Å². The van der Waals surface area contributed by atoms with Gasteiger partial charge in [-0.05, 0) is 19.9 Å². The Bertz CT molecular complexity index is 231. The third-order valence-electron chi connectivity index (χ3n) is 3.44. The summed E-state index contributed by atoms with van der Waals surface area (Å²) in [6, 6.07) is 0.240. The minimum Gasteiger partial charge on any atom is -0.391 e. The van der Waals surface area contributed by atoms with E-state index in [2.05, 4.69) is 4.90 Å². The normalized spacial score (nSPS) is 25.8. The Morgan fingerprint density at radius 1 is 1.25 bits per heavy atom. The van der Waals surface area contributed by atoms with Crippen LogP contribution in [0.1, 0.15) is 32.1 Å². The van der Waals surface area contributed by atoms with Gasteiger partial charge in [-0.3, -0.25) is 4.79 Å². The van der Waals surface area contributed by atoms with Crippen LogP contribution in [0.15, 0.2) is 0 Å². The van der Waals surface area contributed by atoms with Crippen LogP contribution in [0.4, 0.5) is 0 Å². The van der Waals surface area contributed by atoms with Crippen molar-refractivity contribution in [1.29, 1.82) is 0 Å². The molecular formula is C12H24N2O2. The molecule has 2 unspecified atom stereocenters. The fourth-order valence-corrected chi connectivity index (χ4v) is 2.27. The Balaban J connectivity index is 2.33. The molecule has 4 nitrogen and oxygen atoms in total. The maximum atomic E-state index is 11.4. The highest BCUT2D eigenvalue weighted by Gasteiger charge is 2.26. The standard InChI is InChI=1S/C12H24N2O2/c1-13(2)12(16)8-9-14(3)10-6-4-5-7-11(10)15/h10-11,15H,4-9H2,1-3H3. The highest BCUT2D eigenvalue weighted by molar-refractivity contribution is 5.75. The minimum atomic E-state index is -0.215. The Morgan fingerprint density at radius 3 is 2.44 bits per heavy atom. The summed E-state index contributed by atoms with van der Waals surface area (Å²) in [5.41, 5.74) is 0. The van der Waals surface area contributed by atoms with Crippen molar-refractivity contribution < 1.29 is 9.90 Å². The first-order valence-electron chi connectivity index (χ1n) is 6.11. The molecule has 0 radical (unpaired) electrons. The number of carbonyl (C=O) groups is 1. The highest BCUT2D eigenvalue weighted by Crippen LogP contribution is 2.22. The molecule has 1 rings (SSSR count). The highest BCUT2D eigenvalue weighted by atomic mass is 16.3. The molecule has 1 fully saturated rings. The van der Waals surface area contributed by atoms with Crippen LogP contribution in [0.5, 0.6) is 0 Å². The largest absolute Gasteiger partial charge is 0.391 e. The van der Waals surface area contributed by atoms with Crippen molar-refractivity contribution in [2.75, 3.05) is 27.7 Å². The summed E-state index contributed by atoms with van der Waals surface area (Å²) in [6.45, 7) is 0.735. The molecule has 94 valence electrons. The van der Waals surface area contributed by atoms with Gasteiger partial charge in [0, 0.05) is 33.1 Å². The number of aliphatic hydroxyl groups is 1. The maximum absolute atomic E-state index is 11.4. The number of rotatable bonds is 4. The molecule has 0 aliphatic heterocycles. The molecule has 1 aliphatic carbocycles. The number of nitrogens with zero attached hydrogens (tertiary/aromatic N) is 2. The first-order valence-corrected chi connectivity index (χ1v) is 6.11.